The summed E-state index contributed by atoms with van der Waals surface area (Å²) in [5.41, 5.74) is -0.194. The van der Waals surface area contributed by atoms with E-state index in [9.17, 15) is 18.0 Å². The Hall–Kier alpha value is -2.99. The van der Waals surface area contributed by atoms with E-state index in [2.05, 4.69) is 15.5 Å². The summed E-state index contributed by atoms with van der Waals surface area (Å²) in [5, 5.41) is 10.7. The van der Waals surface area contributed by atoms with Crippen LogP contribution in [0.25, 0.3) is 11.6 Å². The summed E-state index contributed by atoms with van der Waals surface area (Å²) < 4.78 is 52.3. The number of hydrogen-bond donors (Lipinski definition) is 1. The largest absolute Gasteiger partial charge is 0.461 e. The molecule has 1 fully saturated rings. The van der Waals surface area contributed by atoms with E-state index in [0.29, 0.717) is 48.7 Å². The summed E-state index contributed by atoms with van der Waals surface area (Å²) >= 11 is 1.15. The lowest BCUT2D eigenvalue weighted by Gasteiger charge is -2.31. The third-order valence-corrected chi connectivity index (χ3v) is 6.30. The van der Waals surface area contributed by atoms with Crippen molar-refractivity contribution in [3.05, 3.63) is 42.2 Å². The van der Waals surface area contributed by atoms with Crippen molar-refractivity contribution < 1.29 is 27.1 Å². The molecule has 0 aliphatic carbocycles. The fraction of sp³-hybridized carbons (Fsp3) is 0.381. The molecule has 176 valence electrons. The molecule has 3 aromatic rings. The van der Waals surface area contributed by atoms with Gasteiger partial charge in [-0.2, -0.15) is 13.2 Å². The highest BCUT2D eigenvalue weighted by Crippen LogP contribution is 2.36. The Morgan fingerprint density at radius 1 is 1.21 bits per heavy atom. The fourth-order valence-electron chi connectivity index (χ4n) is 3.38. The molecule has 1 unspecified atom stereocenters. The molecule has 0 spiro atoms. The van der Waals surface area contributed by atoms with Gasteiger partial charge >= 0.3 is 6.18 Å². The summed E-state index contributed by atoms with van der Waals surface area (Å²) in [5.74, 6) is 0.590. The molecule has 4 rings (SSSR count). The molecular weight excluding hydrogens is 459 g/mol. The number of halogens is 3. The molecule has 0 bridgehead atoms. The first-order valence-electron chi connectivity index (χ1n) is 10.2. The number of carbonyl (C=O) groups excluding carboxylic acids is 1. The SMILES string of the molecule is CC(Sc1nnc(-c2ccco2)n1C)C(=O)Nc1cc(C(F)(F)F)ccc1N1CCOCC1. The fourth-order valence-corrected chi connectivity index (χ4v) is 4.19. The van der Waals surface area contributed by atoms with Gasteiger partial charge in [0.15, 0.2) is 16.7 Å². The number of carbonyl (C=O) groups is 1. The van der Waals surface area contributed by atoms with Crippen LogP contribution in [0, 0.1) is 0 Å². The Labute approximate surface area is 192 Å². The molecule has 2 aromatic heterocycles. The summed E-state index contributed by atoms with van der Waals surface area (Å²) in [4.78, 5) is 14.8. The zero-order valence-corrected chi connectivity index (χ0v) is 18.7. The van der Waals surface area contributed by atoms with Gasteiger partial charge in [-0.3, -0.25) is 4.79 Å². The average Bonchev–Trinajstić information content (AvgIpc) is 3.44. The van der Waals surface area contributed by atoms with Crippen molar-refractivity contribution in [3.63, 3.8) is 0 Å². The van der Waals surface area contributed by atoms with Crippen LogP contribution in [-0.4, -0.2) is 52.2 Å². The minimum Gasteiger partial charge on any atom is -0.461 e. The lowest BCUT2D eigenvalue weighted by molar-refractivity contribution is -0.137. The van der Waals surface area contributed by atoms with Gasteiger partial charge in [-0.15, -0.1) is 10.2 Å². The van der Waals surface area contributed by atoms with Gasteiger partial charge in [0.25, 0.3) is 0 Å². The van der Waals surface area contributed by atoms with Crippen LogP contribution in [0.4, 0.5) is 24.5 Å². The average molecular weight is 482 g/mol. The maximum Gasteiger partial charge on any atom is 0.416 e. The highest BCUT2D eigenvalue weighted by Gasteiger charge is 2.32. The number of nitrogens with one attached hydrogen (secondary N) is 1. The van der Waals surface area contributed by atoms with Gasteiger partial charge < -0.3 is 23.9 Å². The molecule has 1 atom stereocenters. The third kappa shape index (κ3) is 5.17. The molecule has 33 heavy (non-hydrogen) atoms. The minimum absolute atomic E-state index is 0.110. The zero-order chi connectivity index (χ0) is 23.6. The van der Waals surface area contributed by atoms with Crippen LogP contribution >= 0.6 is 11.8 Å². The second-order valence-electron chi connectivity index (χ2n) is 7.42. The quantitative estimate of drug-likeness (QED) is 0.532. The first kappa shape index (κ1) is 23.2. The summed E-state index contributed by atoms with van der Waals surface area (Å²) in [6.45, 7) is 3.62. The number of furan rings is 1. The summed E-state index contributed by atoms with van der Waals surface area (Å²) in [6, 6.07) is 6.86. The second-order valence-corrected chi connectivity index (χ2v) is 8.73. The van der Waals surface area contributed by atoms with Gasteiger partial charge in [-0.25, -0.2) is 0 Å². The van der Waals surface area contributed by atoms with Crippen LogP contribution in [-0.2, 0) is 22.8 Å². The smallest absolute Gasteiger partial charge is 0.416 e. The van der Waals surface area contributed by atoms with E-state index in [1.807, 2.05) is 4.90 Å². The number of amides is 1. The molecular formula is C21H22F3N5O3S. The first-order chi connectivity index (χ1) is 15.7. The predicted molar refractivity (Wildman–Crippen MR) is 117 cm³/mol. The van der Waals surface area contributed by atoms with Crippen LogP contribution in [0.15, 0.2) is 46.2 Å². The first-order valence-corrected chi connectivity index (χ1v) is 11.1. The molecule has 1 aliphatic heterocycles. The van der Waals surface area contributed by atoms with Crippen molar-refractivity contribution in [2.45, 2.75) is 23.5 Å². The number of ether oxygens (including phenoxy) is 1. The summed E-state index contributed by atoms with van der Waals surface area (Å²) in [6.07, 6.45) is -3.00. The van der Waals surface area contributed by atoms with E-state index < -0.39 is 22.9 Å². The number of anilines is 2. The topological polar surface area (TPSA) is 85.4 Å². The lowest BCUT2D eigenvalue weighted by Crippen LogP contribution is -2.37. The number of morpholine rings is 1. The van der Waals surface area contributed by atoms with Gasteiger partial charge in [-0.05, 0) is 37.3 Å². The van der Waals surface area contributed by atoms with Crippen LogP contribution < -0.4 is 10.2 Å². The van der Waals surface area contributed by atoms with Gasteiger partial charge in [0, 0.05) is 20.1 Å². The Morgan fingerprint density at radius 3 is 2.64 bits per heavy atom. The highest BCUT2D eigenvalue weighted by molar-refractivity contribution is 8.00. The maximum atomic E-state index is 13.3. The molecule has 0 saturated carbocycles. The van der Waals surface area contributed by atoms with E-state index in [-0.39, 0.29) is 5.69 Å². The molecule has 12 heteroatoms. The number of thioether (sulfide) groups is 1. The minimum atomic E-state index is -4.52. The summed E-state index contributed by atoms with van der Waals surface area (Å²) in [7, 11) is 1.74. The monoisotopic (exact) mass is 481 g/mol. The predicted octanol–water partition coefficient (Wildman–Crippen LogP) is 4.05. The zero-order valence-electron chi connectivity index (χ0n) is 17.9. The molecule has 3 heterocycles. The van der Waals surface area contributed by atoms with Crippen LogP contribution in [0.2, 0.25) is 0 Å². The normalized spacial score (nSPS) is 15.5. The molecule has 1 amide bonds. The Balaban J connectivity index is 1.53. The number of aromatic nitrogens is 3. The van der Waals surface area contributed by atoms with Crippen molar-refractivity contribution in [1.29, 1.82) is 0 Å². The molecule has 1 N–H and O–H groups in total. The Morgan fingerprint density at radius 2 is 1.97 bits per heavy atom. The van der Waals surface area contributed by atoms with Crippen LogP contribution in [0.5, 0.6) is 0 Å². The number of hydrogen-bond acceptors (Lipinski definition) is 7. The second kappa shape index (κ2) is 9.48. The van der Waals surface area contributed by atoms with Crippen molar-refractivity contribution in [2.24, 2.45) is 7.05 Å². The van der Waals surface area contributed by atoms with E-state index in [0.717, 1.165) is 23.9 Å². The van der Waals surface area contributed by atoms with E-state index in [1.54, 1.807) is 30.7 Å². The number of rotatable bonds is 6. The lowest BCUT2D eigenvalue weighted by atomic mass is 10.1. The number of alkyl halides is 3. The van der Waals surface area contributed by atoms with Gasteiger partial charge in [0.2, 0.25) is 5.91 Å². The van der Waals surface area contributed by atoms with Gasteiger partial charge in [0.1, 0.15) is 0 Å². The van der Waals surface area contributed by atoms with Crippen molar-refractivity contribution in [3.8, 4) is 11.6 Å². The standard InChI is InChI=1S/C21H22F3N5O3S/c1-13(33-20-27-26-18(28(20)2)17-4-3-9-32-17)19(30)25-15-12-14(21(22,23)24)5-6-16(15)29-7-10-31-11-8-29/h3-6,9,12-13H,7-8,10-11H2,1-2H3,(H,25,30). The van der Waals surface area contributed by atoms with Crippen molar-refractivity contribution in [2.75, 3.05) is 36.5 Å². The maximum absolute atomic E-state index is 13.3. The molecule has 0 radical (unpaired) electrons. The van der Waals surface area contributed by atoms with E-state index >= 15 is 0 Å². The van der Waals surface area contributed by atoms with Gasteiger partial charge in [-0.1, -0.05) is 11.8 Å². The Bertz CT molecular complexity index is 1110. The molecule has 1 aromatic carbocycles. The molecule has 8 nitrogen and oxygen atoms in total. The van der Waals surface area contributed by atoms with Crippen LogP contribution in [0.3, 0.4) is 0 Å². The third-order valence-electron chi connectivity index (χ3n) is 5.16. The molecule has 1 aliphatic rings. The van der Waals surface area contributed by atoms with E-state index in [4.69, 9.17) is 9.15 Å². The van der Waals surface area contributed by atoms with Gasteiger partial charge in [0.05, 0.1) is 41.7 Å². The number of benzene rings is 1. The van der Waals surface area contributed by atoms with Crippen molar-refractivity contribution in [1.82, 2.24) is 14.8 Å². The van der Waals surface area contributed by atoms with E-state index in [1.165, 1.54) is 12.3 Å². The highest BCUT2D eigenvalue weighted by atomic mass is 32.2. The van der Waals surface area contributed by atoms with Crippen molar-refractivity contribution >= 4 is 29.0 Å². The Kier molecular flexibility index (Phi) is 6.66. The number of nitrogens with zero attached hydrogens (tertiary/aromatic N) is 4. The molecule has 1 saturated heterocycles. The van der Waals surface area contributed by atoms with Crippen LogP contribution in [0.1, 0.15) is 12.5 Å².